The number of hydrogen-bond donors (Lipinski definition) is 1. The Morgan fingerprint density at radius 2 is 2.50 bits per heavy atom. The molecule has 1 fully saturated rings. The fourth-order valence-electron chi connectivity index (χ4n) is 2.17. The Labute approximate surface area is 106 Å². The number of carbonyl (C=O) groups excluding carboxylic acids is 1. The Bertz CT molecular complexity index is 487. The highest BCUT2D eigenvalue weighted by molar-refractivity contribution is 5.93. The second-order valence-electron chi connectivity index (χ2n) is 4.33. The molecule has 0 radical (unpaired) electrons. The maximum absolute atomic E-state index is 12.4. The summed E-state index contributed by atoms with van der Waals surface area (Å²) < 4.78 is 1.69. The largest absolute Gasteiger partial charge is 0.319 e. The van der Waals surface area contributed by atoms with Gasteiger partial charge in [-0.05, 0) is 19.9 Å². The number of rotatable bonds is 2. The quantitative estimate of drug-likeness (QED) is 0.807. The highest BCUT2D eigenvalue weighted by atomic mass is 16.2. The van der Waals surface area contributed by atoms with E-state index in [1.165, 1.54) is 0 Å². The summed E-state index contributed by atoms with van der Waals surface area (Å²) in [6.07, 6.45) is 0. The Morgan fingerprint density at radius 1 is 1.72 bits per heavy atom. The van der Waals surface area contributed by atoms with Crippen LogP contribution in [0.1, 0.15) is 23.1 Å². The van der Waals surface area contributed by atoms with Gasteiger partial charge in [0.15, 0.2) is 0 Å². The van der Waals surface area contributed by atoms with Crippen molar-refractivity contribution in [3.8, 4) is 6.07 Å². The van der Waals surface area contributed by atoms with Crippen molar-refractivity contribution >= 4 is 5.91 Å². The fourth-order valence-corrected chi connectivity index (χ4v) is 2.17. The molecule has 0 aromatic carbocycles. The smallest absolute Gasteiger partial charge is 0.273 e. The summed E-state index contributed by atoms with van der Waals surface area (Å²) >= 11 is 0. The first-order valence-electron chi connectivity index (χ1n) is 6.13. The minimum atomic E-state index is -0.397. The van der Waals surface area contributed by atoms with Crippen LogP contribution in [0.25, 0.3) is 0 Å². The van der Waals surface area contributed by atoms with Crippen molar-refractivity contribution in [3.63, 3.8) is 0 Å². The standard InChI is InChI=1S/C12H17N5O/c1-3-17-11(6-9(2)15-17)12(18)16-5-4-14-8-10(16)7-13/h6,10,14H,3-5,8H2,1-2H3. The highest BCUT2D eigenvalue weighted by Gasteiger charge is 2.29. The lowest BCUT2D eigenvalue weighted by atomic mass is 10.2. The van der Waals surface area contributed by atoms with E-state index in [0.717, 1.165) is 12.2 Å². The number of aryl methyl sites for hydroxylation is 2. The van der Waals surface area contributed by atoms with E-state index in [-0.39, 0.29) is 5.91 Å². The summed E-state index contributed by atoms with van der Waals surface area (Å²) in [7, 11) is 0. The molecule has 6 heteroatoms. The molecule has 1 amide bonds. The Kier molecular flexibility index (Phi) is 3.63. The number of amides is 1. The lowest BCUT2D eigenvalue weighted by Crippen LogP contribution is -2.53. The lowest BCUT2D eigenvalue weighted by Gasteiger charge is -2.31. The van der Waals surface area contributed by atoms with Crippen LogP contribution in [0.15, 0.2) is 6.07 Å². The molecule has 1 N–H and O–H groups in total. The van der Waals surface area contributed by atoms with Crippen molar-refractivity contribution < 1.29 is 4.79 Å². The third-order valence-electron chi connectivity index (χ3n) is 3.07. The van der Waals surface area contributed by atoms with E-state index >= 15 is 0 Å². The van der Waals surface area contributed by atoms with E-state index in [1.54, 1.807) is 15.6 Å². The van der Waals surface area contributed by atoms with Crippen molar-refractivity contribution in [1.82, 2.24) is 20.0 Å². The SMILES string of the molecule is CCn1nc(C)cc1C(=O)N1CCNCC1C#N. The molecule has 1 unspecified atom stereocenters. The maximum Gasteiger partial charge on any atom is 0.273 e. The molecular weight excluding hydrogens is 230 g/mol. The minimum absolute atomic E-state index is 0.106. The molecule has 0 spiro atoms. The van der Waals surface area contributed by atoms with E-state index in [9.17, 15) is 4.79 Å². The first-order valence-corrected chi connectivity index (χ1v) is 6.13. The van der Waals surface area contributed by atoms with E-state index in [1.807, 2.05) is 13.8 Å². The molecule has 2 heterocycles. The molecule has 1 atom stereocenters. The summed E-state index contributed by atoms with van der Waals surface area (Å²) in [5.74, 6) is -0.106. The van der Waals surface area contributed by atoms with Crippen molar-refractivity contribution in [2.24, 2.45) is 0 Å². The van der Waals surface area contributed by atoms with Gasteiger partial charge in [0.1, 0.15) is 11.7 Å². The monoisotopic (exact) mass is 247 g/mol. The average Bonchev–Trinajstić information content (AvgIpc) is 2.79. The van der Waals surface area contributed by atoms with Crippen LogP contribution in [-0.2, 0) is 6.54 Å². The Morgan fingerprint density at radius 3 is 3.17 bits per heavy atom. The van der Waals surface area contributed by atoms with Gasteiger partial charge in [-0.15, -0.1) is 0 Å². The van der Waals surface area contributed by atoms with Gasteiger partial charge in [0.2, 0.25) is 0 Å². The van der Waals surface area contributed by atoms with Gasteiger partial charge in [-0.2, -0.15) is 10.4 Å². The van der Waals surface area contributed by atoms with Crippen molar-refractivity contribution in [1.29, 1.82) is 5.26 Å². The van der Waals surface area contributed by atoms with Gasteiger partial charge in [-0.25, -0.2) is 0 Å². The normalized spacial score (nSPS) is 19.6. The van der Waals surface area contributed by atoms with E-state index in [2.05, 4.69) is 16.5 Å². The lowest BCUT2D eigenvalue weighted by molar-refractivity contribution is 0.0674. The van der Waals surface area contributed by atoms with Crippen LogP contribution in [0.5, 0.6) is 0 Å². The first-order chi connectivity index (χ1) is 8.67. The fraction of sp³-hybridized carbons (Fsp3) is 0.583. The predicted molar refractivity (Wildman–Crippen MR) is 65.9 cm³/mol. The maximum atomic E-state index is 12.4. The summed E-state index contributed by atoms with van der Waals surface area (Å²) in [6, 6.07) is 3.55. The number of piperazine rings is 1. The molecule has 96 valence electrons. The van der Waals surface area contributed by atoms with Crippen LogP contribution in [0.3, 0.4) is 0 Å². The summed E-state index contributed by atoms with van der Waals surface area (Å²) in [5, 5.41) is 16.5. The van der Waals surface area contributed by atoms with Crippen molar-refractivity contribution in [2.45, 2.75) is 26.4 Å². The number of nitriles is 1. The van der Waals surface area contributed by atoms with Crippen LogP contribution in [0, 0.1) is 18.3 Å². The van der Waals surface area contributed by atoms with Crippen LogP contribution in [-0.4, -0.2) is 46.3 Å². The molecule has 1 aromatic rings. The minimum Gasteiger partial charge on any atom is -0.319 e. The van der Waals surface area contributed by atoms with Gasteiger partial charge in [-0.1, -0.05) is 0 Å². The van der Waals surface area contributed by atoms with Crippen LogP contribution in [0.4, 0.5) is 0 Å². The zero-order valence-corrected chi connectivity index (χ0v) is 10.7. The van der Waals surface area contributed by atoms with Gasteiger partial charge in [-0.3, -0.25) is 9.48 Å². The molecule has 6 nitrogen and oxygen atoms in total. The summed E-state index contributed by atoms with van der Waals surface area (Å²) in [5.41, 5.74) is 1.39. The molecule has 0 bridgehead atoms. The number of nitrogens with one attached hydrogen (secondary N) is 1. The van der Waals surface area contributed by atoms with Gasteiger partial charge < -0.3 is 10.2 Å². The topological polar surface area (TPSA) is 74.0 Å². The third-order valence-corrected chi connectivity index (χ3v) is 3.07. The zero-order chi connectivity index (χ0) is 13.1. The van der Waals surface area contributed by atoms with Crippen LogP contribution in [0.2, 0.25) is 0 Å². The second-order valence-corrected chi connectivity index (χ2v) is 4.33. The zero-order valence-electron chi connectivity index (χ0n) is 10.7. The van der Waals surface area contributed by atoms with Crippen molar-refractivity contribution in [2.75, 3.05) is 19.6 Å². The number of nitrogens with zero attached hydrogens (tertiary/aromatic N) is 4. The number of aromatic nitrogens is 2. The second kappa shape index (κ2) is 5.19. The molecule has 0 aliphatic carbocycles. The van der Waals surface area contributed by atoms with E-state index < -0.39 is 6.04 Å². The van der Waals surface area contributed by atoms with Gasteiger partial charge in [0, 0.05) is 26.2 Å². The van der Waals surface area contributed by atoms with Crippen LogP contribution < -0.4 is 5.32 Å². The van der Waals surface area contributed by atoms with Crippen LogP contribution >= 0.6 is 0 Å². The molecule has 1 aromatic heterocycles. The van der Waals surface area contributed by atoms with Gasteiger partial charge in [0.25, 0.3) is 5.91 Å². The third kappa shape index (κ3) is 2.22. The molecule has 2 rings (SSSR count). The van der Waals surface area contributed by atoms with E-state index in [0.29, 0.717) is 25.3 Å². The van der Waals surface area contributed by atoms with Gasteiger partial charge in [0.05, 0.1) is 11.8 Å². The predicted octanol–water partition coefficient (Wildman–Crippen LogP) is 0.149. The average molecular weight is 247 g/mol. The Hall–Kier alpha value is -1.87. The molecule has 1 saturated heterocycles. The Balaban J connectivity index is 2.27. The molecule has 1 aliphatic heterocycles. The number of hydrogen-bond acceptors (Lipinski definition) is 4. The summed E-state index contributed by atoms with van der Waals surface area (Å²) in [4.78, 5) is 14.1. The molecule has 18 heavy (non-hydrogen) atoms. The highest BCUT2D eigenvalue weighted by Crippen LogP contribution is 2.12. The van der Waals surface area contributed by atoms with Gasteiger partial charge >= 0.3 is 0 Å². The van der Waals surface area contributed by atoms with E-state index in [4.69, 9.17) is 5.26 Å². The van der Waals surface area contributed by atoms with Crippen molar-refractivity contribution in [3.05, 3.63) is 17.5 Å². The summed E-state index contributed by atoms with van der Waals surface area (Å²) in [6.45, 7) is 6.28. The molecular formula is C12H17N5O. The molecule has 0 saturated carbocycles. The first kappa shape index (κ1) is 12.6. The molecule has 1 aliphatic rings. The number of carbonyl (C=O) groups is 1.